The summed E-state index contributed by atoms with van der Waals surface area (Å²) in [4.78, 5) is 11.6. The first-order valence-electron chi connectivity index (χ1n) is 6.40. The molecular weight excluding hydrogens is 274 g/mol. The number of amides is 1. The van der Waals surface area contributed by atoms with Crippen LogP contribution in [0.5, 0.6) is 5.75 Å². The molecule has 0 radical (unpaired) electrons. The van der Waals surface area contributed by atoms with Crippen LogP contribution in [0.4, 0.5) is 0 Å². The lowest BCUT2D eigenvalue weighted by Gasteiger charge is -2.11. The Morgan fingerprint density at radius 1 is 1.30 bits per heavy atom. The van der Waals surface area contributed by atoms with Gasteiger partial charge in [0.25, 0.3) is 0 Å². The molecule has 0 saturated heterocycles. The molecule has 1 aromatic heterocycles. The molecular formula is C15H17NO3S. The van der Waals surface area contributed by atoms with Crippen LogP contribution in [0.25, 0.3) is 0 Å². The number of thiophene rings is 1. The molecule has 0 aliphatic heterocycles. The molecule has 0 aliphatic carbocycles. The van der Waals surface area contributed by atoms with E-state index >= 15 is 0 Å². The van der Waals surface area contributed by atoms with Gasteiger partial charge in [0, 0.05) is 6.54 Å². The summed E-state index contributed by atoms with van der Waals surface area (Å²) in [6.45, 7) is 0.547. The third-order valence-electron chi connectivity index (χ3n) is 2.76. The van der Waals surface area contributed by atoms with E-state index in [1.54, 1.807) is 0 Å². The molecule has 2 aromatic rings. The minimum atomic E-state index is -0.653. The molecule has 0 unspecified atom stereocenters. The molecule has 0 spiro atoms. The number of hydrogen-bond donors (Lipinski definition) is 2. The summed E-state index contributed by atoms with van der Waals surface area (Å²) in [5, 5.41) is 16.3. The second-order valence-electron chi connectivity index (χ2n) is 4.29. The summed E-state index contributed by atoms with van der Waals surface area (Å²) in [5.74, 6) is 0.619. The van der Waals surface area contributed by atoms with Crippen molar-refractivity contribution in [2.45, 2.75) is 12.5 Å². The number of para-hydroxylation sites is 1. The minimum absolute atomic E-state index is 0.129. The molecule has 20 heavy (non-hydrogen) atoms. The van der Waals surface area contributed by atoms with Crippen molar-refractivity contribution in [1.29, 1.82) is 0 Å². The van der Waals surface area contributed by atoms with Gasteiger partial charge in [0.05, 0.1) is 19.1 Å². The van der Waals surface area contributed by atoms with Crippen LogP contribution in [0.1, 0.15) is 18.1 Å². The van der Waals surface area contributed by atoms with Crippen LogP contribution in [-0.4, -0.2) is 24.2 Å². The Bertz CT molecular complexity index is 513. The van der Waals surface area contributed by atoms with Gasteiger partial charge in [-0.1, -0.05) is 18.2 Å². The van der Waals surface area contributed by atoms with Crippen LogP contribution in [0.15, 0.2) is 47.2 Å². The highest BCUT2D eigenvalue weighted by molar-refractivity contribution is 7.07. The predicted molar refractivity (Wildman–Crippen MR) is 78.8 cm³/mol. The lowest BCUT2D eigenvalue weighted by Crippen LogP contribution is -2.29. The van der Waals surface area contributed by atoms with E-state index in [1.165, 1.54) is 11.3 Å². The van der Waals surface area contributed by atoms with Crippen molar-refractivity contribution in [1.82, 2.24) is 5.32 Å². The standard InChI is InChI=1S/C15H17NO3S/c17-14(12-7-9-20-11-12)10-16-15(18)6-8-19-13-4-2-1-3-5-13/h1-5,7,9,11,14,17H,6,8,10H2,(H,16,18)/t14-/m1/s1. The van der Waals surface area contributed by atoms with E-state index in [9.17, 15) is 9.90 Å². The molecule has 4 nitrogen and oxygen atoms in total. The van der Waals surface area contributed by atoms with Crippen molar-refractivity contribution in [3.63, 3.8) is 0 Å². The Morgan fingerprint density at radius 2 is 2.10 bits per heavy atom. The summed E-state index contributed by atoms with van der Waals surface area (Å²) >= 11 is 1.52. The highest BCUT2D eigenvalue weighted by Crippen LogP contribution is 2.15. The maximum absolute atomic E-state index is 11.6. The van der Waals surface area contributed by atoms with Crippen molar-refractivity contribution in [3.05, 3.63) is 52.7 Å². The monoisotopic (exact) mass is 291 g/mol. The van der Waals surface area contributed by atoms with Gasteiger partial charge in [0.15, 0.2) is 0 Å². The van der Waals surface area contributed by atoms with Gasteiger partial charge in [0.1, 0.15) is 5.75 Å². The van der Waals surface area contributed by atoms with Crippen LogP contribution in [0, 0.1) is 0 Å². The third kappa shape index (κ3) is 4.68. The Labute approximate surface area is 122 Å². The minimum Gasteiger partial charge on any atom is -0.493 e. The second-order valence-corrected chi connectivity index (χ2v) is 5.07. The predicted octanol–water partition coefficient (Wildman–Crippen LogP) is 2.37. The summed E-state index contributed by atoms with van der Waals surface area (Å²) in [5.41, 5.74) is 0.829. The molecule has 1 atom stereocenters. The van der Waals surface area contributed by atoms with Gasteiger partial charge >= 0.3 is 0 Å². The van der Waals surface area contributed by atoms with E-state index in [-0.39, 0.29) is 18.9 Å². The van der Waals surface area contributed by atoms with E-state index < -0.39 is 6.10 Å². The average molecular weight is 291 g/mol. The first-order chi connectivity index (χ1) is 9.75. The zero-order chi connectivity index (χ0) is 14.2. The first kappa shape index (κ1) is 14.6. The molecule has 2 rings (SSSR count). The fourth-order valence-electron chi connectivity index (χ4n) is 1.66. The number of benzene rings is 1. The van der Waals surface area contributed by atoms with Gasteiger partial charge in [-0.05, 0) is 34.5 Å². The third-order valence-corrected chi connectivity index (χ3v) is 3.46. The lowest BCUT2D eigenvalue weighted by atomic mass is 10.2. The molecule has 106 valence electrons. The quantitative estimate of drug-likeness (QED) is 0.823. The van der Waals surface area contributed by atoms with Gasteiger partial charge < -0.3 is 15.2 Å². The number of ether oxygens (including phenoxy) is 1. The number of carbonyl (C=O) groups excluding carboxylic acids is 1. The zero-order valence-electron chi connectivity index (χ0n) is 11.0. The van der Waals surface area contributed by atoms with E-state index in [0.717, 1.165) is 11.3 Å². The van der Waals surface area contributed by atoms with Gasteiger partial charge in [-0.3, -0.25) is 4.79 Å². The molecule has 1 heterocycles. The number of hydrogen-bond acceptors (Lipinski definition) is 4. The van der Waals surface area contributed by atoms with E-state index in [2.05, 4.69) is 5.32 Å². The van der Waals surface area contributed by atoms with Gasteiger partial charge in [-0.2, -0.15) is 11.3 Å². The first-order valence-corrected chi connectivity index (χ1v) is 7.34. The molecule has 0 fully saturated rings. The summed E-state index contributed by atoms with van der Waals surface area (Å²) in [6.07, 6.45) is -0.383. The number of aliphatic hydroxyl groups is 1. The molecule has 1 aromatic carbocycles. The topological polar surface area (TPSA) is 58.6 Å². The summed E-state index contributed by atoms with van der Waals surface area (Å²) in [7, 11) is 0. The SMILES string of the molecule is O=C(CCOc1ccccc1)NC[C@@H](O)c1ccsc1. The molecule has 2 N–H and O–H groups in total. The highest BCUT2D eigenvalue weighted by atomic mass is 32.1. The maximum atomic E-state index is 11.6. The van der Waals surface area contributed by atoms with Crippen molar-refractivity contribution in [3.8, 4) is 5.75 Å². The van der Waals surface area contributed by atoms with Crippen LogP contribution in [0.3, 0.4) is 0 Å². The fraction of sp³-hybridized carbons (Fsp3) is 0.267. The van der Waals surface area contributed by atoms with E-state index in [0.29, 0.717) is 6.61 Å². The van der Waals surface area contributed by atoms with Crippen molar-refractivity contribution in [2.24, 2.45) is 0 Å². The van der Waals surface area contributed by atoms with Gasteiger partial charge in [-0.25, -0.2) is 0 Å². The second kappa shape index (κ2) is 7.67. The highest BCUT2D eigenvalue weighted by Gasteiger charge is 2.09. The molecule has 0 bridgehead atoms. The normalized spacial score (nSPS) is 11.8. The van der Waals surface area contributed by atoms with Crippen LogP contribution >= 0.6 is 11.3 Å². The molecule has 5 heteroatoms. The average Bonchev–Trinajstić information content (AvgIpc) is 3.00. The smallest absolute Gasteiger partial charge is 0.223 e. The van der Waals surface area contributed by atoms with E-state index in [1.807, 2.05) is 47.2 Å². The largest absolute Gasteiger partial charge is 0.493 e. The molecule has 0 aliphatic rings. The Kier molecular flexibility index (Phi) is 5.58. The van der Waals surface area contributed by atoms with Crippen molar-refractivity contribution < 1.29 is 14.6 Å². The van der Waals surface area contributed by atoms with Crippen LogP contribution < -0.4 is 10.1 Å². The lowest BCUT2D eigenvalue weighted by molar-refractivity contribution is -0.122. The van der Waals surface area contributed by atoms with Gasteiger partial charge in [-0.15, -0.1) is 0 Å². The Morgan fingerprint density at radius 3 is 2.80 bits per heavy atom. The van der Waals surface area contributed by atoms with Crippen molar-refractivity contribution >= 4 is 17.2 Å². The van der Waals surface area contributed by atoms with Crippen LogP contribution in [0.2, 0.25) is 0 Å². The number of aliphatic hydroxyl groups excluding tert-OH is 1. The molecule has 1 amide bonds. The van der Waals surface area contributed by atoms with Crippen molar-refractivity contribution in [2.75, 3.05) is 13.2 Å². The molecule has 0 saturated carbocycles. The Hall–Kier alpha value is -1.85. The summed E-state index contributed by atoms with van der Waals surface area (Å²) < 4.78 is 5.43. The van der Waals surface area contributed by atoms with Gasteiger partial charge in [0.2, 0.25) is 5.91 Å². The summed E-state index contributed by atoms with van der Waals surface area (Å²) in [6, 6.07) is 11.2. The van der Waals surface area contributed by atoms with Crippen LogP contribution in [-0.2, 0) is 4.79 Å². The Balaban J connectivity index is 1.63. The zero-order valence-corrected chi connectivity index (χ0v) is 11.8. The fourth-order valence-corrected chi connectivity index (χ4v) is 2.37. The number of carbonyl (C=O) groups is 1. The number of nitrogens with one attached hydrogen (secondary N) is 1. The van der Waals surface area contributed by atoms with E-state index in [4.69, 9.17) is 4.74 Å². The maximum Gasteiger partial charge on any atom is 0.223 e. The number of rotatable bonds is 7.